The Morgan fingerprint density at radius 3 is 2.17 bits per heavy atom. The van der Waals surface area contributed by atoms with Crippen LogP contribution in [-0.4, -0.2) is 6.18 Å². The number of hydrogen-bond acceptors (Lipinski definition) is 1. The fourth-order valence-electron chi connectivity index (χ4n) is 1.56. The highest BCUT2D eigenvalue weighted by atomic mass is 19.4. The molecule has 0 fully saturated rings. The number of rotatable bonds is 1. The molecular formula is C11H6F6O. The second-order valence-electron chi connectivity index (χ2n) is 3.76. The molecule has 18 heavy (non-hydrogen) atoms. The molecule has 0 bridgehead atoms. The van der Waals surface area contributed by atoms with Crippen molar-refractivity contribution in [2.45, 2.75) is 18.8 Å². The molecular weight excluding hydrogens is 262 g/mol. The third kappa shape index (κ3) is 2.77. The second-order valence-corrected chi connectivity index (χ2v) is 3.76. The van der Waals surface area contributed by atoms with Gasteiger partial charge in [-0.1, -0.05) is 0 Å². The molecule has 1 aromatic carbocycles. The first-order chi connectivity index (χ1) is 8.15. The quantitative estimate of drug-likeness (QED) is 0.691. The summed E-state index contributed by atoms with van der Waals surface area (Å²) in [6.45, 7) is 0. The Balaban J connectivity index is 2.40. The van der Waals surface area contributed by atoms with Crippen LogP contribution in [0.25, 0.3) is 11.0 Å². The van der Waals surface area contributed by atoms with Gasteiger partial charge in [-0.05, 0) is 24.3 Å². The summed E-state index contributed by atoms with van der Waals surface area (Å²) < 4.78 is 78.3. The number of furan rings is 1. The fourth-order valence-corrected chi connectivity index (χ4v) is 1.56. The Morgan fingerprint density at radius 1 is 0.944 bits per heavy atom. The van der Waals surface area contributed by atoms with E-state index < -0.39 is 30.1 Å². The van der Waals surface area contributed by atoms with Crippen molar-refractivity contribution >= 4 is 11.0 Å². The molecule has 0 radical (unpaired) electrons. The van der Waals surface area contributed by atoms with Gasteiger partial charge in [0.15, 0.2) is 0 Å². The molecule has 0 aliphatic carbocycles. The first kappa shape index (κ1) is 12.8. The van der Waals surface area contributed by atoms with Gasteiger partial charge >= 0.3 is 12.4 Å². The maximum atomic E-state index is 12.4. The van der Waals surface area contributed by atoms with Crippen LogP contribution in [0.3, 0.4) is 0 Å². The summed E-state index contributed by atoms with van der Waals surface area (Å²) in [6.07, 6.45) is -10.3. The van der Waals surface area contributed by atoms with Crippen LogP contribution >= 0.6 is 0 Å². The van der Waals surface area contributed by atoms with Crippen LogP contribution in [0.4, 0.5) is 26.3 Å². The van der Waals surface area contributed by atoms with Crippen molar-refractivity contribution in [3.05, 3.63) is 35.6 Å². The average molecular weight is 268 g/mol. The summed E-state index contributed by atoms with van der Waals surface area (Å²) in [5.41, 5.74) is -0.920. The Bertz CT molecular complexity index is 563. The zero-order valence-corrected chi connectivity index (χ0v) is 8.69. The third-order valence-electron chi connectivity index (χ3n) is 2.27. The van der Waals surface area contributed by atoms with Crippen molar-refractivity contribution in [2.75, 3.05) is 0 Å². The van der Waals surface area contributed by atoms with Crippen LogP contribution in [0.15, 0.2) is 28.7 Å². The van der Waals surface area contributed by atoms with E-state index in [-0.39, 0.29) is 11.0 Å². The van der Waals surface area contributed by atoms with E-state index in [1.165, 1.54) is 0 Å². The summed E-state index contributed by atoms with van der Waals surface area (Å²) in [7, 11) is 0. The summed E-state index contributed by atoms with van der Waals surface area (Å²) in [4.78, 5) is 0. The van der Waals surface area contributed by atoms with E-state index in [1.807, 2.05) is 0 Å². The van der Waals surface area contributed by atoms with Gasteiger partial charge in [0.1, 0.15) is 17.8 Å². The van der Waals surface area contributed by atoms with E-state index in [4.69, 9.17) is 4.42 Å². The summed E-state index contributed by atoms with van der Waals surface area (Å²) in [5, 5.41) is 0.00377. The van der Waals surface area contributed by atoms with Crippen LogP contribution in [0.2, 0.25) is 0 Å². The van der Waals surface area contributed by atoms with Gasteiger partial charge in [0.25, 0.3) is 0 Å². The molecule has 2 rings (SSSR count). The van der Waals surface area contributed by atoms with Crippen LogP contribution in [0.1, 0.15) is 11.3 Å². The Kier molecular flexibility index (Phi) is 2.79. The van der Waals surface area contributed by atoms with Crippen LogP contribution in [0, 0.1) is 0 Å². The second kappa shape index (κ2) is 3.93. The Labute approximate surface area is 97.0 Å². The summed E-state index contributed by atoms with van der Waals surface area (Å²) in [6, 6.07) is 3.51. The Hall–Kier alpha value is -1.66. The van der Waals surface area contributed by atoms with Gasteiger partial charge in [-0.3, -0.25) is 0 Å². The summed E-state index contributed by atoms with van der Waals surface area (Å²) in [5.74, 6) is -0.406. The van der Waals surface area contributed by atoms with E-state index in [0.717, 1.165) is 24.3 Å². The van der Waals surface area contributed by atoms with Crippen LogP contribution in [-0.2, 0) is 12.6 Å². The van der Waals surface area contributed by atoms with Gasteiger partial charge in [0.05, 0.1) is 5.56 Å². The van der Waals surface area contributed by atoms with Crippen molar-refractivity contribution in [2.24, 2.45) is 0 Å². The highest BCUT2D eigenvalue weighted by Gasteiger charge is 2.32. The van der Waals surface area contributed by atoms with Crippen LogP contribution in [0.5, 0.6) is 0 Å². The number of halogens is 6. The topological polar surface area (TPSA) is 13.1 Å². The molecule has 0 N–H and O–H groups in total. The van der Waals surface area contributed by atoms with Gasteiger partial charge in [0.2, 0.25) is 0 Å². The molecule has 1 nitrogen and oxygen atoms in total. The van der Waals surface area contributed by atoms with Crippen molar-refractivity contribution in [1.29, 1.82) is 0 Å². The van der Waals surface area contributed by atoms with E-state index in [9.17, 15) is 26.3 Å². The third-order valence-corrected chi connectivity index (χ3v) is 2.27. The zero-order valence-electron chi connectivity index (χ0n) is 8.69. The molecule has 0 saturated heterocycles. The predicted molar refractivity (Wildman–Crippen MR) is 51.0 cm³/mol. The smallest absolute Gasteiger partial charge is 0.416 e. The largest absolute Gasteiger partial charge is 0.461 e. The molecule has 0 spiro atoms. The molecule has 0 aliphatic heterocycles. The minimum absolute atomic E-state index is 0.00208. The van der Waals surface area contributed by atoms with E-state index in [2.05, 4.69) is 0 Å². The molecule has 0 unspecified atom stereocenters. The molecule has 0 saturated carbocycles. The molecule has 2 aromatic rings. The molecule has 98 valence electrons. The van der Waals surface area contributed by atoms with Crippen LogP contribution < -0.4 is 0 Å². The first-order valence-corrected chi connectivity index (χ1v) is 4.81. The highest BCUT2D eigenvalue weighted by Crippen LogP contribution is 2.33. The van der Waals surface area contributed by atoms with Gasteiger partial charge in [-0.25, -0.2) is 0 Å². The van der Waals surface area contributed by atoms with Gasteiger partial charge in [-0.15, -0.1) is 0 Å². The average Bonchev–Trinajstić information content (AvgIpc) is 2.53. The van der Waals surface area contributed by atoms with Crippen molar-refractivity contribution in [1.82, 2.24) is 0 Å². The van der Waals surface area contributed by atoms with Crippen molar-refractivity contribution < 1.29 is 30.8 Å². The predicted octanol–water partition coefficient (Wildman–Crippen LogP) is 4.56. The monoisotopic (exact) mass is 268 g/mol. The van der Waals surface area contributed by atoms with E-state index in [0.29, 0.717) is 0 Å². The number of fused-ring (bicyclic) bond motifs is 1. The number of benzene rings is 1. The minimum atomic E-state index is -4.53. The fraction of sp³-hybridized carbons (Fsp3) is 0.273. The zero-order chi connectivity index (χ0) is 13.6. The summed E-state index contributed by atoms with van der Waals surface area (Å²) >= 11 is 0. The molecule has 7 heteroatoms. The number of alkyl halides is 6. The van der Waals surface area contributed by atoms with Gasteiger partial charge in [0, 0.05) is 5.39 Å². The van der Waals surface area contributed by atoms with Gasteiger partial charge in [-0.2, -0.15) is 26.3 Å². The molecule has 1 heterocycles. The normalized spacial score (nSPS) is 13.2. The molecule has 1 aromatic heterocycles. The standard InChI is InChI=1S/C11H6F6O/c12-10(13,14)5-8-4-6-3-7(11(15,16)17)1-2-9(6)18-8/h1-4H,5H2. The number of hydrogen-bond donors (Lipinski definition) is 0. The molecule has 0 atom stereocenters. The Morgan fingerprint density at radius 2 is 1.61 bits per heavy atom. The maximum Gasteiger partial charge on any atom is 0.416 e. The highest BCUT2D eigenvalue weighted by molar-refractivity contribution is 5.78. The van der Waals surface area contributed by atoms with E-state index in [1.54, 1.807) is 0 Å². The lowest BCUT2D eigenvalue weighted by atomic mass is 10.1. The lowest BCUT2D eigenvalue weighted by molar-refractivity contribution is -0.137. The maximum absolute atomic E-state index is 12.4. The van der Waals surface area contributed by atoms with Crippen molar-refractivity contribution in [3.8, 4) is 0 Å². The van der Waals surface area contributed by atoms with E-state index >= 15 is 0 Å². The first-order valence-electron chi connectivity index (χ1n) is 4.81. The molecule has 0 aliphatic rings. The molecule has 0 amide bonds. The van der Waals surface area contributed by atoms with Crippen molar-refractivity contribution in [3.63, 3.8) is 0 Å². The SMILES string of the molecule is FC(F)(F)Cc1cc2cc(C(F)(F)F)ccc2o1. The van der Waals surface area contributed by atoms with Gasteiger partial charge < -0.3 is 4.42 Å². The minimum Gasteiger partial charge on any atom is -0.461 e. The lowest BCUT2D eigenvalue weighted by Gasteiger charge is -2.04. The lowest BCUT2D eigenvalue weighted by Crippen LogP contribution is -2.10.